The molecule has 102 valence electrons. The Kier molecular flexibility index (Phi) is 4.97. The molecule has 1 N–H and O–H groups in total. The maximum Gasteiger partial charge on any atom is 0.145 e. The van der Waals surface area contributed by atoms with Crippen molar-refractivity contribution in [3.8, 4) is 11.8 Å². The van der Waals surface area contributed by atoms with E-state index in [1.54, 1.807) is 0 Å². The lowest BCUT2D eigenvalue weighted by atomic mass is 10.2. The molecule has 0 spiro atoms. The van der Waals surface area contributed by atoms with Gasteiger partial charge in [-0.15, -0.1) is 0 Å². The molecule has 1 aromatic carbocycles. The van der Waals surface area contributed by atoms with Gasteiger partial charge in [0.25, 0.3) is 0 Å². The molecule has 0 bridgehead atoms. The van der Waals surface area contributed by atoms with Crippen molar-refractivity contribution in [2.45, 2.75) is 6.92 Å². The van der Waals surface area contributed by atoms with Gasteiger partial charge in [0.2, 0.25) is 0 Å². The average molecular weight is 332 g/mol. The van der Waals surface area contributed by atoms with Crippen LogP contribution >= 0.6 is 15.9 Å². The lowest BCUT2D eigenvalue weighted by molar-refractivity contribution is 0.332. The third-order valence-electron chi connectivity index (χ3n) is 2.69. The van der Waals surface area contributed by atoms with Crippen LogP contribution in [0, 0.1) is 18.3 Å². The Hall–Kier alpha value is -2.06. The normalized spacial score (nSPS) is 9.85. The van der Waals surface area contributed by atoms with Crippen molar-refractivity contribution in [2.24, 2.45) is 0 Å². The number of halogens is 1. The summed E-state index contributed by atoms with van der Waals surface area (Å²) >= 11 is 3.37. The fourth-order valence-corrected chi connectivity index (χ4v) is 1.88. The Labute approximate surface area is 126 Å². The molecule has 0 unspecified atom stereocenters. The minimum Gasteiger partial charge on any atom is -0.492 e. The number of aromatic nitrogens is 1. The van der Waals surface area contributed by atoms with Crippen LogP contribution in [0.5, 0.6) is 5.75 Å². The molecule has 0 aliphatic rings. The third-order valence-corrected chi connectivity index (χ3v) is 3.22. The molecule has 0 fully saturated rings. The van der Waals surface area contributed by atoms with Gasteiger partial charge in [-0.25, -0.2) is 4.98 Å². The Morgan fingerprint density at radius 1 is 1.25 bits per heavy atom. The first-order chi connectivity index (χ1) is 9.69. The van der Waals surface area contributed by atoms with Crippen molar-refractivity contribution in [2.75, 3.05) is 18.5 Å². The number of ether oxygens (including phenoxy) is 1. The predicted octanol–water partition coefficient (Wildman–Crippen LogP) is 3.52. The van der Waals surface area contributed by atoms with Crippen LogP contribution in [0.1, 0.15) is 11.3 Å². The summed E-state index contributed by atoms with van der Waals surface area (Å²) in [6.07, 6.45) is 0. The third kappa shape index (κ3) is 3.97. The first kappa shape index (κ1) is 14.4. The largest absolute Gasteiger partial charge is 0.492 e. The molecule has 5 heteroatoms. The fraction of sp³-hybridized carbons (Fsp3) is 0.200. The molecule has 1 aromatic heterocycles. The second-order valence-corrected chi connectivity index (χ2v) is 5.12. The number of nitriles is 1. The Morgan fingerprint density at radius 3 is 2.70 bits per heavy atom. The Bertz CT molecular complexity index is 620. The van der Waals surface area contributed by atoms with Crippen molar-refractivity contribution < 1.29 is 4.74 Å². The molecule has 0 atom stereocenters. The minimum absolute atomic E-state index is 0.448. The topological polar surface area (TPSA) is 57.9 Å². The smallest absolute Gasteiger partial charge is 0.145 e. The summed E-state index contributed by atoms with van der Waals surface area (Å²) in [6, 6.07) is 13.5. The molecule has 0 amide bonds. The van der Waals surface area contributed by atoms with E-state index in [1.165, 1.54) is 0 Å². The quantitative estimate of drug-likeness (QED) is 0.851. The number of benzene rings is 1. The molecule has 2 aromatic rings. The average Bonchev–Trinajstić information content (AvgIpc) is 2.47. The molecule has 0 aliphatic carbocycles. The number of pyridine rings is 1. The zero-order valence-corrected chi connectivity index (χ0v) is 12.6. The van der Waals surface area contributed by atoms with Crippen LogP contribution in [0.25, 0.3) is 0 Å². The van der Waals surface area contributed by atoms with Crippen LogP contribution in [0.3, 0.4) is 0 Å². The van der Waals surface area contributed by atoms with E-state index in [0.717, 1.165) is 15.8 Å². The number of rotatable bonds is 5. The second-order valence-electron chi connectivity index (χ2n) is 4.20. The maximum atomic E-state index is 8.92. The lowest BCUT2D eigenvalue weighted by Gasteiger charge is -2.08. The number of hydrogen-bond donors (Lipinski definition) is 1. The zero-order valence-electron chi connectivity index (χ0n) is 11.1. The van der Waals surface area contributed by atoms with Crippen LogP contribution in [-0.2, 0) is 0 Å². The summed E-state index contributed by atoms with van der Waals surface area (Å²) in [4.78, 5) is 4.21. The second kappa shape index (κ2) is 6.92. The van der Waals surface area contributed by atoms with Crippen LogP contribution in [0.4, 0.5) is 5.82 Å². The van der Waals surface area contributed by atoms with Crippen LogP contribution in [0.15, 0.2) is 40.9 Å². The first-order valence-corrected chi connectivity index (χ1v) is 6.98. The van der Waals surface area contributed by atoms with Crippen LogP contribution in [0.2, 0.25) is 0 Å². The monoisotopic (exact) mass is 331 g/mol. The van der Waals surface area contributed by atoms with Gasteiger partial charge < -0.3 is 10.1 Å². The van der Waals surface area contributed by atoms with Gasteiger partial charge in [0.15, 0.2) is 0 Å². The van der Waals surface area contributed by atoms with Crippen molar-refractivity contribution in [1.82, 2.24) is 4.98 Å². The SMILES string of the molecule is Cc1ccc(NCCOc2ccc(Br)cc2)nc1C#N. The van der Waals surface area contributed by atoms with Gasteiger partial charge in [0.05, 0.1) is 6.54 Å². The van der Waals surface area contributed by atoms with Gasteiger partial charge >= 0.3 is 0 Å². The highest BCUT2D eigenvalue weighted by atomic mass is 79.9. The van der Waals surface area contributed by atoms with Crippen LogP contribution in [-0.4, -0.2) is 18.1 Å². The highest BCUT2D eigenvalue weighted by molar-refractivity contribution is 9.10. The molecule has 0 radical (unpaired) electrons. The maximum absolute atomic E-state index is 8.92. The number of anilines is 1. The van der Waals surface area contributed by atoms with Gasteiger partial charge in [-0.2, -0.15) is 5.26 Å². The van der Waals surface area contributed by atoms with Crippen molar-refractivity contribution in [3.63, 3.8) is 0 Å². The van der Waals surface area contributed by atoms with E-state index >= 15 is 0 Å². The first-order valence-electron chi connectivity index (χ1n) is 6.19. The number of nitrogens with one attached hydrogen (secondary N) is 1. The number of aryl methyl sites for hydroxylation is 1. The zero-order chi connectivity index (χ0) is 14.4. The highest BCUT2D eigenvalue weighted by Crippen LogP contribution is 2.16. The fourth-order valence-electron chi connectivity index (χ4n) is 1.62. The van der Waals surface area contributed by atoms with E-state index in [2.05, 4.69) is 32.3 Å². The van der Waals surface area contributed by atoms with E-state index in [9.17, 15) is 0 Å². The predicted molar refractivity (Wildman–Crippen MR) is 81.8 cm³/mol. The molecule has 20 heavy (non-hydrogen) atoms. The Balaban J connectivity index is 1.81. The van der Waals surface area contributed by atoms with Gasteiger partial charge in [0, 0.05) is 4.47 Å². The van der Waals surface area contributed by atoms with E-state index in [-0.39, 0.29) is 0 Å². The summed E-state index contributed by atoms with van der Waals surface area (Å²) < 4.78 is 6.61. The van der Waals surface area contributed by atoms with Crippen molar-refractivity contribution in [1.29, 1.82) is 5.26 Å². The molecule has 1 heterocycles. The van der Waals surface area contributed by atoms with E-state index < -0.39 is 0 Å². The summed E-state index contributed by atoms with van der Waals surface area (Å²) in [7, 11) is 0. The summed E-state index contributed by atoms with van der Waals surface area (Å²) in [6.45, 7) is 3.02. The molecular weight excluding hydrogens is 318 g/mol. The molecule has 4 nitrogen and oxygen atoms in total. The summed E-state index contributed by atoms with van der Waals surface area (Å²) in [5.74, 6) is 1.51. The standard InChI is InChI=1S/C15H14BrN3O/c1-11-2-7-15(19-14(11)10-17)18-8-9-20-13-5-3-12(16)4-6-13/h2-7H,8-9H2,1H3,(H,18,19). The molecule has 0 aliphatic heterocycles. The molecule has 0 saturated carbocycles. The molecular formula is C15H14BrN3O. The molecule has 0 saturated heterocycles. The summed E-state index contributed by atoms with van der Waals surface area (Å²) in [5.41, 5.74) is 1.33. The van der Waals surface area contributed by atoms with E-state index in [1.807, 2.05) is 43.3 Å². The number of nitrogens with zero attached hydrogens (tertiary/aromatic N) is 2. The highest BCUT2D eigenvalue weighted by Gasteiger charge is 2.01. The van der Waals surface area contributed by atoms with E-state index in [4.69, 9.17) is 10.00 Å². The van der Waals surface area contributed by atoms with Gasteiger partial charge in [-0.3, -0.25) is 0 Å². The molecule has 2 rings (SSSR count). The van der Waals surface area contributed by atoms with Crippen molar-refractivity contribution >= 4 is 21.7 Å². The van der Waals surface area contributed by atoms with Gasteiger partial charge in [0.1, 0.15) is 29.9 Å². The number of hydrogen-bond acceptors (Lipinski definition) is 4. The lowest BCUT2D eigenvalue weighted by Crippen LogP contribution is -2.12. The van der Waals surface area contributed by atoms with Gasteiger partial charge in [-0.1, -0.05) is 22.0 Å². The minimum atomic E-state index is 0.448. The summed E-state index contributed by atoms with van der Waals surface area (Å²) in [5, 5.41) is 12.0. The van der Waals surface area contributed by atoms with Crippen LogP contribution < -0.4 is 10.1 Å². The van der Waals surface area contributed by atoms with Gasteiger partial charge in [-0.05, 0) is 42.8 Å². The van der Waals surface area contributed by atoms with E-state index in [0.29, 0.717) is 24.7 Å². The Morgan fingerprint density at radius 2 is 2.00 bits per heavy atom. The van der Waals surface area contributed by atoms with Crippen molar-refractivity contribution in [3.05, 3.63) is 52.1 Å².